The van der Waals surface area contributed by atoms with Crippen LogP contribution in [0.3, 0.4) is 0 Å². The van der Waals surface area contributed by atoms with Gasteiger partial charge in [-0.25, -0.2) is 58.9 Å². The van der Waals surface area contributed by atoms with Crippen molar-refractivity contribution in [3.05, 3.63) is 113 Å². The number of aliphatic hydroxyl groups excluding tert-OH is 12. The second-order valence-corrected chi connectivity index (χ2v) is 33.7. The number of halogens is 4. The van der Waals surface area contributed by atoms with Gasteiger partial charge in [-0.15, -0.1) is 0 Å². The monoisotopic (exact) mass is 1860 g/mol. The number of nitrogens with one attached hydrogen (secondary N) is 4. The van der Waals surface area contributed by atoms with Gasteiger partial charge in [-0.3, -0.25) is 75.5 Å². The Morgan fingerprint density at radius 2 is 0.634 bits per heavy atom. The van der Waals surface area contributed by atoms with Crippen LogP contribution in [0.5, 0.6) is 0 Å². The summed E-state index contributed by atoms with van der Waals surface area (Å²) in [5.41, 5.74) is -6.32. The maximum atomic E-state index is 15.4. The lowest BCUT2D eigenvalue weighted by molar-refractivity contribution is -0.205. The van der Waals surface area contributed by atoms with E-state index in [4.69, 9.17) is 114 Å². The van der Waals surface area contributed by atoms with Crippen molar-refractivity contribution in [1.29, 1.82) is 0 Å². The number of hydrogen-bond acceptors (Lipinski definition) is 40. The summed E-state index contributed by atoms with van der Waals surface area (Å²) in [6.45, 7) is -15.2. The molecular weight excluding hydrogens is 1800 g/mol. The summed E-state index contributed by atoms with van der Waals surface area (Å²) in [6, 6.07) is 0. The van der Waals surface area contributed by atoms with E-state index in [1.54, 1.807) is 4.98 Å². The summed E-state index contributed by atoms with van der Waals surface area (Å²) in [5.74, 6) is -15.5. The highest BCUT2D eigenvalue weighted by Gasteiger charge is 2.61. The molecule has 4 fully saturated rings. The van der Waals surface area contributed by atoms with E-state index in [2.05, 4.69) is 54.5 Å². The van der Waals surface area contributed by atoms with Crippen molar-refractivity contribution in [2.75, 3.05) is 26.3 Å². The van der Waals surface area contributed by atoms with Crippen LogP contribution in [-0.4, -0.2) is 257 Å². The molecule has 4 aromatic heterocycles. The van der Waals surface area contributed by atoms with Crippen molar-refractivity contribution in [2.45, 2.75) is 124 Å². The lowest BCUT2D eigenvalue weighted by Gasteiger charge is -2.24. The third-order valence-corrected chi connectivity index (χ3v) is 22.4. The number of H-pyrrole nitrogens is 4. The fourth-order valence-corrected chi connectivity index (χ4v) is 15.2. The Labute approximate surface area is 635 Å². The number of ether oxygens (including phenoxy) is 4. The first-order chi connectivity index (χ1) is 53.0. The molecule has 20 atom stereocenters. The van der Waals surface area contributed by atoms with Gasteiger partial charge in [-0.1, -0.05) is 0 Å². The van der Waals surface area contributed by atoms with Gasteiger partial charge in [0.1, 0.15) is 75.2 Å². The summed E-state index contributed by atoms with van der Waals surface area (Å²) in [7, 11) is -45.5. The van der Waals surface area contributed by atoms with Crippen LogP contribution in [0, 0.1) is 14.3 Å². The van der Waals surface area contributed by atoms with E-state index in [9.17, 15) is 125 Å². The topological polar surface area (TPSA) is 901 Å². The van der Waals surface area contributed by atoms with Gasteiger partial charge in [-0.2, -0.15) is 17.2 Å². The molecule has 0 radical (unpaired) electrons. The van der Waals surface area contributed by atoms with Gasteiger partial charge in [0.2, 0.25) is 0 Å². The van der Waals surface area contributed by atoms with E-state index in [0.717, 1.165) is 18.6 Å². The summed E-state index contributed by atoms with van der Waals surface area (Å²) in [5, 5.41) is 117. The lowest BCUT2D eigenvalue weighted by atomic mass is 10.1. The highest BCUT2D eigenvalue weighted by molar-refractivity contribution is 7.71. The summed E-state index contributed by atoms with van der Waals surface area (Å²) >= 11 is 14.4. The number of aromatic nitrogens is 8. The zero-order chi connectivity index (χ0) is 91.4. The van der Waals surface area contributed by atoms with E-state index in [1.165, 1.54) is 0 Å². The van der Waals surface area contributed by atoms with Gasteiger partial charge in [0.05, 0.1) is 56.9 Å². The van der Waals surface area contributed by atoms with Crippen LogP contribution in [0.25, 0.3) is 0 Å². The summed E-state index contributed by atoms with van der Waals surface area (Å²) in [6.07, 6.45) is -27.7. The average molecular weight is 1860 g/mol. The molecule has 640 valence electrons. The molecule has 112 heavy (non-hydrogen) atoms. The molecule has 4 unspecified atom stereocenters. The van der Waals surface area contributed by atoms with Crippen molar-refractivity contribution in [1.82, 2.24) is 38.2 Å². The molecular formula is C40H60F4N8O49P8S3. The number of nitrogens with zero attached hydrogens (tertiary/aromatic N) is 4. The zero-order valence-electron chi connectivity index (χ0n) is 59.4. The molecule has 4 aromatic rings. The SMILES string of the molecule is O=c1[nH]c(=O)n([C@@H]2O[C@](F)(COP(=O)(O)OP(=O)(O)O)[C@@H](O)[C@H]2O)cc1CO.[2H]C([2H])(OP(=O)(O)OP(=O)(O)O)[C@@]1(F)O[C@@H](n2cc(CO)c(=O)[nH]c2=S)[C@H](O)[C@@H]1O.[2H]C([2H])(OP(=O)(O)OP(=O)(O)O)[C@@]1(F)O[C@@]([2H])(n2cc(CO)c(=O)[nH]c2=S)[C@H](O)[C@@H]1O.[2H][C@@]1(n2cc(CO)c(=O)[nH]c2=S)O[C@](F)(COP(=O)(O)OP(=O)(O)O)[C@@H](O)[C@H]1O. The van der Waals surface area contributed by atoms with Crippen molar-refractivity contribution in [2.24, 2.45) is 0 Å². The maximum Gasteiger partial charge on any atom is 0.481 e. The second kappa shape index (κ2) is 37.2. The quantitative estimate of drug-likeness (QED) is 0.0143. The molecule has 0 aromatic carbocycles. The zero-order valence-corrected chi connectivity index (χ0v) is 63.0. The lowest BCUT2D eigenvalue weighted by Crippen LogP contribution is -2.43. The summed E-state index contributed by atoms with van der Waals surface area (Å²) < 4.78 is 243. The Morgan fingerprint density at radius 1 is 0.393 bits per heavy atom. The van der Waals surface area contributed by atoms with Crippen molar-refractivity contribution >= 4 is 99.2 Å². The number of rotatable bonds is 28. The van der Waals surface area contributed by atoms with E-state index >= 15 is 8.78 Å². The van der Waals surface area contributed by atoms with Crippen LogP contribution in [0.4, 0.5) is 17.6 Å². The number of phosphoric acid groups is 8. The Bertz CT molecular complexity index is 5330. The van der Waals surface area contributed by atoms with Gasteiger partial charge in [0, 0.05) is 24.8 Å². The van der Waals surface area contributed by atoms with Crippen LogP contribution >= 0.6 is 99.2 Å². The van der Waals surface area contributed by atoms with Crippen LogP contribution in [-0.2, 0) is 117 Å². The Kier molecular flexibility index (Phi) is 29.5. The van der Waals surface area contributed by atoms with Crippen LogP contribution in [0.1, 0.15) is 55.3 Å². The molecule has 57 nitrogen and oxygen atoms in total. The van der Waals surface area contributed by atoms with Crippen LogP contribution < -0.4 is 27.9 Å². The minimum atomic E-state index is -6.04. The van der Waals surface area contributed by atoms with Crippen molar-refractivity contribution < 1.29 is 237 Å². The Hall–Kier alpha value is -3.90. The van der Waals surface area contributed by atoms with Crippen molar-refractivity contribution in [3.63, 3.8) is 0 Å². The molecule has 0 aliphatic carbocycles. The van der Waals surface area contributed by atoms with Crippen molar-refractivity contribution in [3.8, 4) is 0 Å². The normalized spacial score (nSPS) is 32.7. The van der Waals surface area contributed by atoms with E-state index in [0.29, 0.717) is 24.5 Å². The molecule has 4 saturated heterocycles. The van der Waals surface area contributed by atoms with Crippen LogP contribution in [0.15, 0.2) is 48.8 Å². The fraction of sp³-hybridized carbons (Fsp3) is 0.600. The molecule has 0 saturated carbocycles. The molecule has 4 aliphatic rings. The Balaban J connectivity index is 0.000000280. The molecule has 0 spiro atoms. The van der Waals surface area contributed by atoms with Gasteiger partial charge in [0.15, 0.2) is 39.2 Å². The molecule has 0 bridgehead atoms. The predicted octanol–water partition coefficient (Wildman–Crippen LogP) is -7.21. The smallest absolute Gasteiger partial charge is 0.391 e. The third-order valence-electron chi connectivity index (χ3n) is 13.2. The number of alkyl halides is 4. The fourth-order valence-electron chi connectivity index (χ4n) is 8.37. The first-order valence-corrected chi connectivity index (χ1v) is 41.2. The number of phosphoric ester groups is 4. The number of aliphatic hydroxyl groups is 12. The van der Waals surface area contributed by atoms with E-state index < -0.39 is 260 Å². The average Bonchev–Trinajstić information content (AvgIpc) is 1.55. The molecule has 8 rings (SSSR count). The molecule has 0 amide bonds. The largest absolute Gasteiger partial charge is 0.481 e. The number of hydrogen-bond donors (Lipinski definition) is 28. The summed E-state index contributed by atoms with van der Waals surface area (Å²) in [4.78, 5) is 171. The van der Waals surface area contributed by atoms with Gasteiger partial charge < -0.3 is 139 Å². The minimum Gasteiger partial charge on any atom is -0.391 e. The maximum absolute atomic E-state index is 15.4. The molecule has 8 heterocycles. The number of aromatic amines is 4. The standard InChI is InChI=1S/C10H15FN2O13P2.3C10H15FN2O12P2S/c11-10(3-24-28(22,23)26-27(19,20)21)6(16)5(15)8(25-10)13-1-4(2-14)7(17)12-9(13)18;3*11-10(3-23-27(21,22)25-26(18,19)20)6(16)5(15)8(24-10)13-1-4(2-14)7(17)12-9(13)28/h1,5-6,8,14-16H,2-3H2,(H,22,23)(H,12,17,18)(H2,19,20,21);3*1,5-6,8,14-16H,2-3H2,(H,21,22)(H,12,17,28)(H2,18,19,20)/t4*5-,6+,8-,10-/m1111/s1/i;3D2,8D;8D;3D2. The molecule has 28 N–H and O–H groups in total. The minimum absolute atomic E-state index is 0.334. The van der Waals surface area contributed by atoms with Gasteiger partial charge in [-0.05, 0) is 36.7 Å². The van der Waals surface area contributed by atoms with Crippen LogP contribution in [0.2, 0.25) is 0 Å². The van der Waals surface area contributed by atoms with Gasteiger partial charge in [0.25, 0.3) is 45.7 Å². The van der Waals surface area contributed by atoms with E-state index in [-0.39, 0.29) is 16.7 Å². The Morgan fingerprint density at radius 3 is 0.973 bits per heavy atom. The predicted molar refractivity (Wildman–Crippen MR) is 342 cm³/mol. The first-order valence-electron chi connectivity index (χ1n) is 30.9. The van der Waals surface area contributed by atoms with E-state index in [1.807, 2.05) is 9.97 Å². The second-order valence-electron chi connectivity index (χ2n) is 21.3. The molecule has 4 aliphatic heterocycles. The molecule has 72 heteroatoms. The first kappa shape index (κ1) is 88.9. The highest BCUT2D eigenvalue weighted by atomic mass is 32.1. The highest BCUT2D eigenvalue weighted by Crippen LogP contribution is 2.62. The van der Waals surface area contributed by atoms with Gasteiger partial charge >= 0.3 is 68.3 Å². The third kappa shape index (κ3) is 26.1.